The van der Waals surface area contributed by atoms with Gasteiger partial charge in [0.05, 0.1) is 5.39 Å². The Hall–Kier alpha value is -1.70. The summed E-state index contributed by atoms with van der Waals surface area (Å²) in [4.78, 5) is 0. The molecule has 150 valence electrons. The number of fused-ring (bicyclic) bond motifs is 2. The number of hydrogen-bond donors (Lipinski definition) is 0. The predicted octanol–water partition coefficient (Wildman–Crippen LogP) is 7.95. The van der Waals surface area contributed by atoms with E-state index >= 15 is 4.39 Å². The molecular weight excluding hydrogens is 350 g/mol. The number of halogens is 2. The van der Waals surface area contributed by atoms with Crippen molar-refractivity contribution in [3.05, 3.63) is 59.7 Å². The van der Waals surface area contributed by atoms with E-state index in [1.807, 2.05) is 24.3 Å². The minimum absolute atomic E-state index is 0.177. The fourth-order valence-electron chi connectivity index (χ4n) is 5.81. The zero-order valence-corrected chi connectivity index (χ0v) is 17.0. The van der Waals surface area contributed by atoms with Crippen molar-refractivity contribution < 1.29 is 8.78 Å². The Balaban J connectivity index is 1.59. The van der Waals surface area contributed by atoms with Crippen LogP contribution in [0.15, 0.2) is 36.9 Å². The molecule has 4 atom stereocenters. The molecule has 0 aromatic heterocycles. The molecule has 0 bridgehead atoms. The molecule has 0 saturated heterocycles. The van der Waals surface area contributed by atoms with Gasteiger partial charge in [0.2, 0.25) is 0 Å². The Bertz CT molecular complexity index is 853. The highest BCUT2D eigenvalue weighted by atomic mass is 19.1. The third-order valence-corrected chi connectivity index (χ3v) is 7.47. The quantitative estimate of drug-likeness (QED) is 0.460. The van der Waals surface area contributed by atoms with Gasteiger partial charge in [0.1, 0.15) is 11.6 Å². The van der Waals surface area contributed by atoms with E-state index in [9.17, 15) is 4.39 Å². The standard InChI is InChI=1S/C26H32F2/c1-3-5-6-18-14-22-11-12-23(26(28)25(22)24(27)15-18)21-10-9-19-13-17(4-2)7-8-20(19)16-21/h3,11-12,14-15,17,19-21H,1,4-10,13,16H2,2H3. The van der Waals surface area contributed by atoms with E-state index < -0.39 is 5.82 Å². The first-order valence-corrected chi connectivity index (χ1v) is 11.1. The fourth-order valence-corrected chi connectivity index (χ4v) is 5.81. The molecule has 28 heavy (non-hydrogen) atoms. The van der Waals surface area contributed by atoms with Crippen molar-refractivity contribution in [2.24, 2.45) is 17.8 Å². The number of allylic oxidation sites excluding steroid dienone is 1. The maximum Gasteiger partial charge on any atom is 0.137 e. The first kappa shape index (κ1) is 19.6. The highest BCUT2D eigenvalue weighted by Crippen LogP contribution is 2.49. The van der Waals surface area contributed by atoms with Crippen molar-refractivity contribution in [2.75, 3.05) is 0 Å². The van der Waals surface area contributed by atoms with Crippen molar-refractivity contribution in [2.45, 2.75) is 70.6 Å². The van der Waals surface area contributed by atoms with Gasteiger partial charge in [0.15, 0.2) is 0 Å². The molecule has 2 aliphatic rings. The number of hydrogen-bond acceptors (Lipinski definition) is 0. The highest BCUT2D eigenvalue weighted by Gasteiger charge is 2.36. The SMILES string of the molecule is C=CCCc1cc(F)c2c(F)c(C3CCC4CC(CC)CCC4C3)ccc2c1. The summed E-state index contributed by atoms with van der Waals surface area (Å²) in [5, 5.41) is 0.856. The van der Waals surface area contributed by atoms with Crippen LogP contribution < -0.4 is 0 Å². The van der Waals surface area contributed by atoms with E-state index in [0.29, 0.717) is 5.39 Å². The third-order valence-electron chi connectivity index (χ3n) is 7.47. The van der Waals surface area contributed by atoms with Crippen LogP contribution in [-0.4, -0.2) is 0 Å². The summed E-state index contributed by atoms with van der Waals surface area (Å²) in [5.41, 5.74) is 1.64. The second-order valence-corrected chi connectivity index (χ2v) is 9.09. The molecule has 2 aromatic carbocycles. The van der Waals surface area contributed by atoms with Gasteiger partial charge in [-0.2, -0.15) is 0 Å². The predicted molar refractivity (Wildman–Crippen MR) is 114 cm³/mol. The van der Waals surface area contributed by atoms with Crippen LogP contribution in [-0.2, 0) is 6.42 Å². The maximum atomic E-state index is 15.4. The molecule has 0 heterocycles. The normalized spacial score (nSPS) is 27.5. The monoisotopic (exact) mass is 382 g/mol. The average molecular weight is 383 g/mol. The van der Waals surface area contributed by atoms with Crippen LogP contribution in [0.4, 0.5) is 8.78 Å². The van der Waals surface area contributed by atoms with Crippen LogP contribution >= 0.6 is 0 Å². The minimum Gasteiger partial charge on any atom is -0.206 e. The molecule has 2 fully saturated rings. The molecule has 4 rings (SSSR count). The smallest absolute Gasteiger partial charge is 0.137 e. The summed E-state index contributed by atoms with van der Waals surface area (Å²) < 4.78 is 30.1. The molecule has 0 amide bonds. The van der Waals surface area contributed by atoms with Gasteiger partial charge in [-0.1, -0.05) is 44.0 Å². The second kappa shape index (κ2) is 8.35. The van der Waals surface area contributed by atoms with Crippen LogP contribution in [0.1, 0.15) is 75.3 Å². The van der Waals surface area contributed by atoms with Crippen LogP contribution in [0, 0.1) is 29.4 Å². The topological polar surface area (TPSA) is 0 Å². The largest absolute Gasteiger partial charge is 0.206 e. The summed E-state index contributed by atoms with van der Waals surface area (Å²) in [7, 11) is 0. The van der Waals surface area contributed by atoms with E-state index in [1.54, 1.807) is 0 Å². The summed E-state index contributed by atoms with van der Waals surface area (Å²) in [6.45, 7) is 6.03. The molecule has 2 saturated carbocycles. The Kier molecular flexibility index (Phi) is 5.85. The van der Waals surface area contributed by atoms with E-state index in [4.69, 9.17) is 0 Å². The van der Waals surface area contributed by atoms with Crippen LogP contribution in [0.25, 0.3) is 10.8 Å². The fraction of sp³-hybridized carbons (Fsp3) is 0.538. The lowest BCUT2D eigenvalue weighted by atomic mass is 9.63. The maximum absolute atomic E-state index is 15.4. The third kappa shape index (κ3) is 3.75. The molecule has 2 heteroatoms. The van der Waals surface area contributed by atoms with Gasteiger partial charge in [0, 0.05) is 0 Å². The van der Waals surface area contributed by atoms with Gasteiger partial charge in [-0.15, -0.1) is 6.58 Å². The first-order valence-electron chi connectivity index (χ1n) is 11.1. The summed E-state index contributed by atoms with van der Waals surface area (Å²) in [6, 6.07) is 7.28. The van der Waals surface area contributed by atoms with Crippen molar-refractivity contribution in [3.63, 3.8) is 0 Å². The number of rotatable bonds is 5. The zero-order valence-electron chi connectivity index (χ0n) is 17.0. The highest BCUT2D eigenvalue weighted by molar-refractivity contribution is 5.85. The molecule has 0 N–H and O–H groups in total. The van der Waals surface area contributed by atoms with Crippen molar-refractivity contribution in [3.8, 4) is 0 Å². The van der Waals surface area contributed by atoms with Crippen molar-refractivity contribution in [1.82, 2.24) is 0 Å². The lowest BCUT2D eigenvalue weighted by Gasteiger charge is -2.42. The minimum atomic E-state index is -0.423. The van der Waals surface area contributed by atoms with Gasteiger partial charge in [-0.05, 0) is 91.2 Å². The molecule has 2 aromatic rings. The summed E-state index contributed by atoms with van der Waals surface area (Å²) in [6.07, 6.45) is 11.9. The molecule has 4 unspecified atom stereocenters. The Morgan fingerprint density at radius 1 is 1.04 bits per heavy atom. The molecule has 0 aliphatic heterocycles. The van der Waals surface area contributed by atoms with Crippen molar-refractivity contribution in [1.29, 1.82) is 0 Å². The molecule has 0 nitrogen and oxygen atoms in total. The van der Waals surface area contributed by atoms with Crippen LogP contribution in [0.2, 0.25) is 0 Å². The van der Waals surface area contributed by atoms with Crippen molar-refractivity contribution >= 4 is 10.8 Å². The molecular formula is C26H32F2. The van der Waals surface area contributed by atoms with Gasteiger partial charge in [-0.25, -0.2) is 8.78 Å². The van der Waals surface area contributed by atoms with Gasteiger partial charge in [-0.3, -0.25) is 0 Å². The number of benzene rings is 2. The zero-order chi connectivity index (χ0) is 19.7. The Morgan fingerprint density at radius 3 is 2.61 bits per heavy atom. The van der Waals surface area contributed by atoms with E-state index in [1.165, 1.54) is 38.2 Å². The van der Waals surface area contributed by atoms with Crippen LogP contribution in [0.5, 0.6) is 0 Å². The van der Waals surface area contributed by atoms with Gasteiger partial charge >= 0.3 is 0 Å². The Labute approximate surface area is 168 Å². The lowest BCUT2D eigenvalue weighted by Crippen LogP contribution is -2.30. The molecule has 2 aliphatic carbocycles. The van der Waals surface area contributed by atoms with Gasteiger partial charge < -0.3 is 0 Å². The lowest BCUT2D eigenvalue weighted by molar-refractivity contribution is 0.116. The summed E-state index contributed by atoms with van der Waals surface area (Å²) in [5.74, 6) is 1.93. The van der Waals surface area contributed by atoms with Gasteiger partial charge in [0.25, 0.3) is 0 Å². The number of aryl methyl sites for hydroxylation is 1. The molecule has 0 radical (unpaired) electrons. The van der Waals surface area contributed by atoms with Crippen LogP contribution in [0.3, 0.4) is 0 Å². The second-order valence-electron chi connectivity index (χ2n) is 9.09. The van der Waals surface area contributed by atoms with E-state index in [2.05, 4.69) is 13.5 Å². The first-order chi connectivity index (χ1) is 13.6. The van der Waals surface area contributed by atoms with E-state index in [0.717, 1.165) is 54.6 Å². The Morgan fingerprint density at radius 2 is 1.82 bits per heavy atom. The average Bonchev–Trinajstić information content (AvgIpc) is 2.71. The molecule has 0 spiro atoms. The van der Waals surface area contributed by atoms with E-state index in [-0.39, 0.29) is 17.1 Å². The summed E-state index contributed by atoms with van der Waals surface area (Å²) >= 11 is 0.